The number of benzene rings is 2. The van der Waals surface area contributed by atoms with Gasteiger partial charge in [0.25, 0.3) is 0 Å². The summed E-state index contributed by atoms with van der Waals surface area (Å²) in [4.78, 5) is 33.8. The zero-order valence-corrected chi connectivity index (χ0v) is 15.0. The number of rotatable bonds is 9. The highest BCUT2D eigenvalue weighted by atomic mass is 16.6. The van der Waals surface area contributed by atoms with Crippen LogP contribution in [0.4, 0.5) is 5.69 Å². The van der Waals surface area contributed by atoms with Gasteiger partial charge in [0.05, 0.1) is 11.5 Å². The topological polar surface area (TPSA) is 105 Å². The van der Waals surface area contributed by atoms with E-state index in [-0.39, 0.29) is 23.8 Å². The van der Waals surface area contributed by atoms with Gasteiger partial charge in [0, 0.05) is 17.2 Å². The maximum atomic E-state index is 11.9. The van der Waals surface area contributed by atoms with Crippen molar-refractivity contribution in [1.82, 2.24) is 0 Å². The molecule has 0 aromatic heterocycles. The SMILES string of the molecule is CCOc1ccc(C(C)=O)cc1COC(=O)COc1ccccc1[N+](=O)[O-]. The van der Waals surface area contributed by atoms with Crippen molar-refractivity contribution in [1.29, 1.82) is 0 Å². The molecular formula is C19H19NO7. The summed E-state index contributed by atoms with van der Waals surface area (Å²) in [5.74, 6) is -0.336. The molecule has 0 aliphatic rings. The summed E-state index contributed by atoms with van der Waals surface area (Å²) in [6, 6.07) is 10.6. The predicted molar refractivity (Wildman–Crippen MR) is 96.0 cm³/mol. The summed E-state index contributed by atoms with van der Waals surface area (Å²) >= 11 is 0. The van der Waals surface area contributed by atoms with Gasteiger partial charge in [0.2, 0.25) is 0 Å². The minimum absolute atomic E-state index is 0.0203. The number of nitro benzene ring substituents is 1. The van der Waals surface area contributed by atoms with Gasteiger partial charge in [-0.2, -0.15) is 0 Å². The minimum atomic E-state index is -0.705. The molecule has 0 radical (unpaired) electrons. The Morgan fingerprint density at radius 3 is 2.48 bits per heavy atom. The van der Waals surface area contributed by atoms with Crippen LogP contribution in [0.25, 0.3) is 0 Å². The van der Waals surface area contributed by atoms with Crippen LogP contribution in [-0.4, -0.2) is 29.9 Å². The Hall–Kier alpha value is -3.42. The average Bonchev–Trinajstić information content (AvgIpc) is 2.65. The highest BCUT2D eigenvalue weighted by Crippen LogP contribution is 2.26. The van der Waals surface area contributed by atoms with Gasteiger partial charge in [-0.25, -0.2) is 4.79 Å². The molecule has 8 heteroatoms. The van der Waals surface area contributed by atoms with Crippen molar-refractivity contribution >= 4 is 17.4 Å². The molecule has 0 aliphatic carbocycles. The first kappa shape index (κ1) is 19.9. The minimum Gasteiger partial charge on any atom is -0.493 e. The molecule has 0 bridgehead atoms. The molecule has 27 heavy (non-hydrogen) atoms. The number of esters is 1. The molecule has 2 rings (SSSR count). The summed E-state index contributed by atoms with van der Waals surface area (Å²) in [5, 5.41) is 10.9. The van der Waals surface area contributed by atoms with Crippen molar-refractivity contribution in [2.24, 2.45) is 0 Å². The van der Waals surface area contributed by atoms with Gasteiger partial charge >= 0.3 is 11.7 Å². The van der Waals surface area contributed by atoms with Gasteiger partial charge in [-0.15, -0.1) is 0 Å². The molecule has 0 aliphatic heterocycles. The summed E-state index contributed by atoms with van der Waals surface area (Å²) in [6.45, 7) is 3.07. The molecule has 0 heterocycles. The fraction of sp³-hybridized carbons (Fsp3) is 0.263. The van der Waals surface area contributed by atoms with Crippen molar-refractivity contribution in [3.8, 4) is 11.5 Å². The van der Waals surface area contributed by atoms with E-state index in [1.54, 1.807) is 24.3 Å². The fourth-order valence-electron chi connectivity index (χ4n) is 2.27. The third-order valence-electron chi connectivity index (χ3n) is 3.56. The number of para-hydroxylation sites is 2. The Balaban J connectivity index is 2.00. The summed E-state index contributed by atoms with van der Waals surface area (Å²) in [7, 11) is 0. The highest BCUT2D eigenvalue weighted by molar-refractivity contribution is 5.94. The molecule has 0 saturated heterocycles. The lowest BCUT2D eigenvalue weighted by molar-refractivity contribution is -0.385. The van der Waals surface area contributed by atoms with Crippen LogP contribution in [0.15, 0.2) is 42.5 Å². The second-order valence-electron chi connectivity index (χ2n) is 5.49. The lowest BCUT2D eigenvalue weighted by Gasteiger charge is -2.12. The molecule has 142 valence electrons. The monoisotopic (exact) mass is 373 g/mol. The first-order valence-corrected chi connectivity index (χ1v) is 8.20. The van der Waals surface area contributed by atoms with E-state index in [1.165, 1.54) is 25.1 Å². The third kappa shape index (κ3) is 5.53. The normalized spacial score (nSPS) is 10.1. The van der Waals surface area contributed by atoms with Crippen LogP contribution in [0.2, 0.25) is 0 Å². The number of ether oxygens (including phenoxy) is 3. The molecule has 0 spiro atoms. The second-order valence-corrected chi connectivity index (χ2v) is 5.49. The molecule has 0 saturated carbocycles. The highest BCUT2D eigenvalue weighted by Gasteiger charge is 2.16. The first-order chi connectivity index (χ1) is 12.9. The fourth-order valence-corrected chi connectivity index (χ4v) is 2.27. The number of nitrogens with zero attached hydrogens (tertiary/aromatic N) is 1. The Morgan fingerprint density at radius 1 is 1.07 bits per heavy atom. The number of ketones is 1. The van der Waals surface area contributed by atoms with Crippen LogP contribution < -0.4 is 9.47 Å². The van der Waals surface area contributed by atoms with Crippen LogP contribution in [0.1, 0.15) is 29.8 Å². The van der Waals surface area contributed by atoms with Crippen molar-refractivity contribution in [2.75, 3.05) is 13.2 Å². The van der Waals surface area contributed by atoms with Gasteiger partial charge in [-0.1, -0.05) is 12.1 Å². The summed E-state index contributed by atoms with van der Waals surface area (Å²) in [6.07, 6.45) is 0. The molecule has 0 atom stereocenters. The van der Waals surface area contributed by atoms with Gasteiger partial charge in [0.1, 0.15) is 12.4 Å². The number of hydrogen-bond donors (Lipinski definition) is 0. The predicted octanol–water partition coefficient (Wildman–Crippen LogP) is 3.32. The zero-order chi connectivity index (χ0) is 19.8. The van der Waals surface area contributed by atoms with E-state index >= 15 is 0 Å². The molecule has 2 aromatic rings. The van der Waals surface area contributed by atoms with Gasteiger partial charge < -0.3 is 14.2 Å². The van der Waals surface area contributed by atoms with Gasteiger partial charge in [0.15, 0.2) is 18.1 Å². The number of nitro groups is 1. The Morgan fingerprint density at radius 2 is 1.81 bits per heavy atom. The largest absolute Gasteiger partial charge is 0.493 e. The van der Waals surface area contributed by atoms with Gasteiger partial charge in [-0.05, 0) is 38.1 Å². The smallest absolute Gasteiger partial charge is 0.344 e. The van der Waals surface area contributed by atoms with Crippen LogP contribution in [0.3, 0.4) is 0 Å². The first-order valence-electron chi connectivity index (χ1n) is 8.20. The van der Waals surface area contributed by atoms with Crippen LogP contribution >= 0.6 is 0 Å². The van der Waals surface area contributed by atoms with Crippen LogP contribution in [0, 0.1) is 10.1 Å². The van der Waals surface area contributed by atoms with E-state index < -0.39 is 17.5 Å². The zero-order valence-electron chi connectivity index (χ0n) is 15.0. The lowest BCUT2D eigenvalue weighted by Crippen LogP contribution is -2.15. The second kappa shape index (κ2) is 9.33. The third-order valence-corrected chi connectivity index (χ3v) is 3.56. The lowest BCUT2D eigenvalue weighted by atomic mass is 10.1. The van der Waals surface area contributed by atoms with E-state index in [1.807, 2.05) is 6.92 Å². The number of carbonyl (C=O) groups is 2. The van der Waals surface area contributed by atoms with Crippen molar-refractivity contribution < 1.29 is 28.7 Å². The molecule has 0 fully saturated rings. The van der Waals surface area contributed by atoms with Crippen molar-refractivity contribution in [2.45, 2.75) is 20.5 Å². The van der Waals surface area contributed by atoms with Gasteiger partial charge in [-0.3, -0.25) is 14.9 Å². The molecule has 8 nitrogen and oxygen atoms in total. The van der Waals surface area contributed by atoms with E-state index in [2.05, 4.69) is 0 Å². The summed E-state index contributed by atoms with van der Waals surface area (Å²) in [5.41, 5.74) is 0.780. The maximum Gasteiger partial charge on any atom is 0.344 e. The Labute approximate surface area is 155 Å². The molecule has 0 unspecified atom stereocenters. The van der Waals surface area contributed by atoms with E-state index in [0.717, 1.165) is 0 Å². The van der Waals surface area contributed by atoms with Crippen molar-refractivity contribution in [3.63, 3.8) is 0 Å². The molecular weight excluding hydrogens is 354 g/mol. The Kier molecular flexibility index (Phi) is 6.87. The maximum absolute atomic E-state index is 11.9. The van der Waals surface area contributed by atoms with Crippen LogP contribution in [-0.2, 0) is 16.1 Å². The standard InChI is InChI=1S/C19H19NO7/c1-3-25-17-9-8-14(13(2)21)10-15(17)11-27-19(22)12-26-18-7-5-4-6-16(18)20(23)24/h4-10H,3,11-12H2,1-2H3. The van der Waals surface area contributed by atoms with E-state index in [9.17, 15) is 19.7 Å². The molecule has 0 amide bonds. The van der Waals surface area contributed by atoms with E-state index in [4.69, 9.17) is 14.2 Å². The molecule has 0 N–H and O–H groups in total. The summed E-state index contributed by atoms with van der Waals surface area (Å²) < 4.78 is 15.8. The number of Topliss-reactive ketones (excluding diaryl/α,β-unsaturated/α-hetero) is 1. The van der Waals surface area contributed by atoms with Crippen molar-refractivity contribution in [3.05, 3.63) is 63.7 Å². The van der Waals surface area contributed by atoms with Crippen LogP contribution in [0.5, 0.6) is 11.5 Å². The average molecular weight is 373 g/mol. The van der Waals surface area contributed by atoms with E-state index in [0.29, 0.717) is 23.5 Å². The number of carbonyl (C=O) groups excluding carboxylic acids is 2. The quantitative estimate of drug-likeness (QED) is 0.287. The molecule has 2 aromatic carbocycles. The number of hydrogen-bond acceptors (Lipinski definition) is 7. The Bertz CT molecular complexity index is 848.